The fourth-order valence-corrected chi connectivity index (χ4v) is 5.73. The molecule has 2 aliphatic rings. The number of rotatable bonds is 5. The van der Waals surface area contributed by atoms with Crippen molar-refractivity contribution in [3.63, 3.8) is 0 Å². The van der Waals surface area contributed by atoms with Crippen LogP contribution < -0.4 is 5.56 Å². The molecule has 4 heterocycles. The molecule has 7 nitrogen and oxygen atoms in total. The lowest BCUT2D eigenvalue weighted by atomic mass is 9.97. The van der Waals surface area contributed by atoms with Crippen LogP contribution in [0.2, 0.25) is 10.0 Å². The predicted molar refractivity (Wildman–Crippen MR) is 133 cm³/mol. The highest BCUT2D eigenvalue weighted by atomic mass is 35.5. The molecular formula is C24H22Cl2N4O3S. The van der Waals surface area contributed by atoms with Crippen LogP contribution in [0.4, 0.5) is 0 Å². The van der Waals surface area contributed by atoms with Gasteiger partial charge in [0.2, 0.25) is 5.91 Å². The van der Waals surface area contributed by atoms with Crippen molar-refractivity contribution in [1.82, 2.24) is 14.5 Å². The SMILES string of the molecule is O=C(Cn1cc(Cl)ccc1=O)N1CCC(c2nc(C3=NOC(c4ccccc4Cl)C3)cs2)CC1. The topological polar surface area (TPSA) is 76.8 Å². The van der Waals surface area contributed by atoms with Gasteiger partial charge in [0.15, 0.2) is 6.10 Å². The second-order valence-corrected chi connectivity index (χ2v) is 10.1. The van der Waals surface area contributed by atoms with E-state index in [0.717, 1.165) is 34.8 Å². The van der Waals surface area contributed by atoms with Crippen LogP contribution in [0.25, 0.3) is 0 Å². The van der Waals surface area contributed by atoms with Crippen LogP contribution in [0.3, 0.4) is 0 Å². The Morgan fingerprint density at radius 1 is 1.15 bits per heavy atom. The quantitative estimate of drug-likeness (QED) is 0.483. The fraction of sp³-hybridized carbons (Fsp3) is 0.333. The molecule has 3 aromatic rings. The Morgan fingerprint density at radius 3 is 2.74 bits per heavy atom. The van der Waals surface area contributed by atoms with Crippen LogP contribution in [0.15, 0.2) is 57.9 Å². The lowest BCUT2D eigenvalue weighted by molar-refractivity contribution is -0.132. The summed E-state index contributed by atoms with van der Waals surface area (Å²) in [6.45, 7) is 1.26. The summed E-state index contributed by atoms with van der Waals surface area (Å²) in [6.07, 6.45) is 3.58. The number of nitrogens with zero attached hydrogens (tertiary/aromatic N) is 4. The first-order valence-electron chi connectivity index (χ1n) is 11.0. The van der Waals surface area contributed by atoms with E-state index in [4.69, 9.17) is 33.0 Å². The average molecular weight is 517 g/mol. The van der Waals surface area contributed by atoms with Crippen LogP contribution in [-0.2, 0) is 16.2 Å². The number of halogens is 2. The van der Waals surface area contributed by atoms with Gasteiger partial charge in [-0.3, -0.25) is 9.59 Å². The molecule has 0 bridgehead atoms. The average Bonchev–Trinajstić information content (AvgIpc) is 3.52. The second kappa shape index (κ2) is 9.90. The Labute approximate surface area is 210 Å². The first kappa shape index (κ1) is 23.1. The molecule has 1 saturated heterocycles. The van der Waals surface area contributed by atoms with E-state index >= 15 is 0 Å². The molecule has 2 aromatic heterocycles. The number of likely N-dealkylation sites (tertiary alicyclic amines) is 1. The minimum absolute atomic E-state index is 0.00210. The Balaban J connectivity index is 1.17. The highest BCUT2D eigenvalue weighted by molar-refractivity contribution is 7.10. The number of hydrogen-bond acceptors (Lipinski definition) is 6. The molecule has 0 aliphatic carbocycles. The maximum absolute atomic E-state index is 12.7. The summed E-state index contributed by atoms with van der Waals surface area (Å²) in [5.41, 5.74) is 2.36. The van der Waals surface area contributed by atoms with Gasteiger partial charge in [-0.15, -0.1) is 11.3 Å². The third-order valence-corrected chi connectivity index (χ3v) is 7.76. The molecular weight excluding hydrogens is 495 g/mol. The molecule has 1 fully saturated rings. The van der Waals surface area contributed by atoms with Crippen molar-refractivity contribution in [2.75, 3.05) is 13.1 Å². The second-order valence-electron chi connectivity index (χ2n) is 8.40. The van der Waals surface area contributed by atoms with Gasteiger partial charge in [0.05, 0.1) is 15.7 Å². The number of piperidine rings is 1. The first-order chi connectivity index (χ1) is 16.5. The van der Waals surface area contributed by atoms with Crippen molar-refractivity contribution in [1.29, 1.82) is 0 Å². The Hall–Kier alpha value is -2.68. The fourth-order valence-electron chi connectivity index (χ4n) is 4.29. The monoisotopic (exact) mass is 516 g/mol. The third kappa shape index (κ3) is 4.89. The highest BCUT2D eigenvalue weighted by Gasteiger charge is 2.29. The summed E-state index contributed by atoms with van der Waals surface area (Å²) >= 11 is 13.9. The van der Waals surface area contributed by atoms with E-state index in [1.165, 1.54) is 22.9 Å². The van der Waals surface area contributed by atoms with Gasteiger partial charge >= 0.3 is 0 Å². The number of thiazole rings is 1. The Morgan fingerprint density at radius 2 is 1.94 bits per heavy atom. The molecule has 1 unspecified atom stereocenters. The molecule has 0 radical (unpaired) electrons. The summed E-state index contributed by atoms with van der Waals surface area (Å²) in [5.74, 6) is 0.213. The maximum Gasteiger partial charge on any atom is 0.251 e. The van der Waals surface area contributed by atoms with Crippen molar-refractivity contribution in [3.05, 3.63) is 84.6 Å². The summed E-state index contributed by atoms with van der Waals surface area (Å²) in [4.78, 5) is 36.9. The van der Waals surface area contributed by atoms with Gasteiger partial charge < -0.3 is 14.3 Å². The molecule has 34 heavy (non-hydrogen) atoms. The molecule has 0 spiro atoms. The number of carbonyl (C=O) groups excluding carboxylic acids is 1. The summed E-state index contributed by atoms with van der Waals surface area (Å²) in [6, 6.07) is 10.5. The van der Waals surface area contributed by atoms with Crippen molar-refractivity contribution < 1.29 is 9.63 Å². The zero-order valence-electron chi connectivity index (χ0n) is 18.2. The van der Waals surface area contributed by atoms with Crippen molar-refractivity contribution in [2.45, 2.75) is 37.8 Å². The summed E-state index contributed by atoms with van der Waals surface area (Å²) < 4.78 is 1.35. The molecule has 0 saturated carbocycles. The Kier molecular flexibility index (Phi) is 6.72. The van der Waals surface area contributed by atoms with Crippen molar-refractivity contribution in [3.8, 4) is 0 Å². The summed E-state index contributed by atoms with van der Waals surface area (Å²) in [7, 11) is 0. The molecule has 1 amide bonds. The van der Waals surface area contributed by atoms with Crippen LogP contribution in [0.5, 0.6) is 0 Å². The Bertz CT molecular complexity index is 1300. The zero-order chi connectivity index (χ0) is 23.7. The minimum Gasteiger partial charge on any atom is -0.387 e. The van der Waals surface area contributed by atoms with Crippen molar-refractivity contribution in [2.24, 2.45) is 5.16 Å². The molecule has 1 atom stereocenters. The highest BCUT2D eigenvalue weighted by Crippen LogP contribution is 2.35. The van der Waals surface area contributed by atoms with Crippen LogP contribution in [-0.4, -0.2) is 39.2 Å². The number of oxime groups is 1. The van der Waals surface area contributed by atoms with Gasteiger partial charge in [0.25, 0.3) is 5.56 Å². The summed E-state index contributed by atoms with van der Waals surface area (Å²) in [5, 5.41) is 8.44. The molecule has 2 aliphatic heterocycles. The number of pyridine rings is 1. The smallest absolute Gasteiger partial charge is 0.251 e. The van der Waals surface area contributed by atoms with Gasteiger partial charge in [-0.05, 0) is 25.0 Å². The first-order valence-corrected chi connectivity index (χ1v) is 12.7. The van der Waals surface area contributed by atoms with E-state index in [-0.39, 0.29) is 24.1 Å². The molecule has 1 aromatic carbocycles. The molecule has 0 N–H and O–H groups in total. The van der Waals surface area contributed by atoms with Crippen molar-refractivity contribution >= 4 is 46.2 Å². The molecule has 10 heteroatoms. The predicted octanol–water partition coefficient (Wildman–Crippen LogP) is 4.88. The molecule has 176 valence electrons. The van der Waals surface area contributed by atoms with E-state index in [1.807, 2.05) is 29.6 Å². The zero-order valence-corrected chi connectivity index (χ0v) is 20.5. The number of amides is 1. The van der Waals surface area contributed by atoms with Gasteiger partial charge in [-0.25, -0.2) is 4.98 Å². The number of hydrogen-bond donors (Lipinski definition) is 0. The normalized spacial score (nSPS) is 18.6. The van der Waals surface area contributed by atoms with E-state index < -0.39 is 0 Å². The van der Waals surface area contributed by atoms with Gasteiger partial charge in [0, 0.05) is 53.7 Å². The van der Waals surface area contributed by atoms with E-state index in [1.54, 1.807) is 16.2 Å². The van der Waals surface area contributed by atoms with Crippen LogP contribution in [0, 0.1) is 0 Å². The van der Waals surface area contributed by atoms with E-state index in [9.17, 15) is 9.59 Å². The van der Waals surface area contributed by atoms with Crippen LogP contribution >= 0.6 is 34.5 Å². The standard InChI is InChI=1S/C24H22Cl2N4O3S/c25-16-5-6-22(31)30(12-16)13-23(32)29-9-7-15(8-10-29)24-27-20(14-34-24)19-11-21(33-28-19)17-3-1-2-4-18(17)26/h1-6,12,14-15,21H,7-11,13H2. The van der Waals surface area contributed by atoms with Gasteiger partial charge in [0.1, 0.15) is 12.3 Å². The van der Waals surface area contributed by atoms with E-state index in [2.05, 4.69) is 5.16 Å². The van der Waals surface area contributed by atoms with E-state index in [0.29, 0.717) is 35.5 Å². The number of carbonyl (C=O) groups is 1. The lowest BCUT2D eigenvalue weighted by Gasteiger charge is -2.31. The van der Waals surface area contributed by atoms with Gasteiger partial charge in [-0.2, -0.15) is 0 Å². The molecule has 5 rings (SSSR count). The lowest BCUT2D eigenvalue weighted by Crippen LogP contribution is -2.41. The number of benzene rings is 1. The third-order valence-electron chi connectivity index (χ3n) is 6.19. The number of aromatic nitrogens is 2. The minimum atomic E-state index is -0.237. The van der Waals surface area contributed by atoms with Crippen LogP contribution in [0.1, 0.15) is 47.5 Å². The largest absolute Gasteiger partial charge is 0.387 e. The maximum atomic E-state index is 12.7. The van der Waals surface area contributed by atoms with Gasteiger partial charge in [-0.1, -0.05) is 46.6 Å².